The minimum Gasteiger partial charge on any atom is -0.495 e. The molecule has 0 spiro atoms. The number of H-pyrrole nitrogens is 1. The fourth-order valence-corrected chi connectivity index (χ4v) is 3.80. The van der Waals surface area contributed by atoms with Crippen LogP contribution in [0.1, 0.15) is 24.6 Å². The second-order valence-corrected chi connectivity index (χ2v) is 7.70. The largest absolute Gasteiger partial charge is 0.495 e. The number of aromatic amines is 1. The topological polar surface area (TPSA) is 93.0 Å². The molecule has 1 aliphatic carbocycles. The number of nitrogens with one attached hydrogen (secondary N) is 2. The van der Waals surface area contributed by atoms with E-state index in [1.807, 2.05) is 30.3 Å². The second kappa shape index (κ2) is 6.87. The first-order chi connectivity index (χ1) is 13.7. The van der Waals surface area contributed by atoms with Crippen molar-refractivity contribution < 1.29 is 13.9 Å². The molecule has 2 N–H and O–H groups in total. The maximum Gasteiger partial charge on any atom is 0.234 e. The minimum absolute atomic E-state index is 0.156. The lowest BCUT2D eigenvalue weighted by atomic mass is 10.1. The minimum atomic E-state index is -0.156. The van der Waals surface area contributed by atoms with E-state index in [0.29, 0.717) is 28.1 Å². The van der Waals surface area contributed by atoms with E-state index < -0.39 is 0 Å². The van der Waals surface area contributed by atoms with E-state index >= 15 is 0 Å². The molecule has 1 saturated carbocycles. The maximum absolute atomic E-state index is 12.4. The Balaban J connectivity index is 1.34. The first-order valence-electron chi connectivity index (χ1n) is 9.05. The van der Waals surface area contributed by atoms with Gasteiger partial charge in [0.05, 0.1) is 18.6 Å². The molecule has 0 aliphatic heterocycles. The molecule has 2 aromatic heterocycles. The van der Waals surface area contributed by atoms with E-state index in [4.69, 9.17) is 9.15 Å². The van der Waals surface area contributed by atoms with Crippen molar-refractivity contribution in [1.29, 1.82) is 0 Å². The summed E-state index contributed by atoms with van der Waals surface area (Å²) in [5.74, 6) is 2.07. The lowest BCUT2D eigenvalue weighted by molar-refractivity contribution is -0.113. The summed E-state index contributed by atoms with van der Waals surface area (Å²) in [5.41, 5.74) is 2.08. The SMILES string of the molecule is COc1cc2c(cc1NC(=O)CSc1n[nH]c(C3CC3)n1)oc1ccccc12. The number of aromatic nitrogens is 3. The average molecular weight is 394 g/mol. The molecule has 1 aliphatic rings. The van der Waals surface area contributed by atoms with Crippen molar-refractivity contribution in [3.05, 3.63) is 42.2 Å². The number of para-hydroxylation sites is 1. The summed E-state index contributed by atoms with van der Waals surface area (Å²) in [6.45, 7) is 0. The molecular formula is C20H18N4O3S. The molecule has 1 fully saturated rings. The highest BCUT2D eigenvalue weighted by molar-refractivity contribution is 7.99. The van der Waals surface area contributed by atoms with Gasteiger partial charge in [-0.3, -0.25) is 9.89 Å². The zero-order valence-corrected chi connectivity index (χ0v) is 16.0. The number of furan rings is 1. The molecule has 0 radical (unpaired) electrons. The molecule has 142 valence electrons. The van der Waals surface area contributed by atoms with Crippen molar-refractivity contribution in [1.82, 2.24) is 15.2 Å². The Morgan fingerprint density at radius 1 is 1.29 bits per heavy atom. The average Bonchev–Trinajstić information content (AvgIpc) is 3.34. The standard InChI is InChI=1S/C20H18N4O3S/c1-26-17-8-13-12-4-2-3-5-15(12)27-16(13)9-14(17)21-18(25)10-28-20-22-19(23-24-20)11-6-7-11/h2-5,8-9,11H,6-7,10H2,1H3,(H,21,25)(H,22,23,24). The van der Waals surface area contributed by atoms with Gasteiger partial charge < -0.3 is 14.5 Å². The van der Waals surface area contributed by atoms with Crippen LogP contribution in [0.5, 0.6) is 5.75 Å². The number of hydrogen-bond donors (Lipinski definition) is 2. The van der Waals surface area contributed by atoms with Crippen molar-refractivity contribution >= 4 is 45.3 Å². The van der Waals surface area contributed by atoms with Crippen LogP contribution >= 0.6 is 11.8 Å². The second-order valence-electron chi connectivity index (χ2n) is 6.76. The molecule has 2 aromatic carbocycles. The molecule has 28 heavy (non-hydrogen) atoms. The van der Waals surface area contributed by atoms with Gasteiger partial charge in [0.2, 0.25) is 11.1 Å². The smallest absolute Gasteiger partial charge is 0.234 e. The summed E-state index contributed by atoms with van der Waals surface area (Å²) < 4.78 is 11.4. The predicted molar refractivity (Wildman–Crippen MR) is 108 cm³/mol. The maximum atomic E-state index is 12.4. The predicted octanol–water partition coefficient (Wildman–Crippen LogP) is 4.32. The number of amides is 1. The molecule has 2 heterocycles. The third-order valence-corrected chi connectivity index (χ3v) is 5.60. The number of thioether (sulfide) groups is 1. The first kappa shape index (κ1) is 17.1. The third-order valence-electron chi connectivity index (χ3n) is 4.75. The Kier molecular flexibility index (Phi) is 4.20. The molecule has 5 rings (SSSR count). The number of benzene rings is 2. The van der Waals surface area contributed by atoms with Gasteiger partial charge in [-0.05, 0) is 25.0 Å². The number of carbonyl (C=O) groups excluding carboxylic acids is 1. The van der Waals surface area contributed by atoms with Crippen LogP contribution in [0, 0.1) is 0 Å². The molecule has 4 aromatic rings. The van der Waals surface area contributed by atoms with Gasteiger partial charge in [0, 0.05) is 22.8 Å². The molecule has 8 heteroatoms. The summed E-state index contributed by atoms with van der Waals surface area (Å²) >= 11 is 1.30. The van der Waals surface area contributed by atoms with Crippen LogP contribution in [-0.4, -0.2) is 34.0 Å². The number of nitrogens with zero attached hydrogens (tertiary/aromatic N) is 2. The number of rotatable bonds is 6. The molecule has 0 unspecified atom stereocenters. The molecule has 0 atom stereocenters. The van der Waals surface area contributed by atoms with Crippen LogP contribution in [0.4, 0.5) is 5.69 Å². The number of carbonyl (C=O) groups is 1. The lowest BCUT2D eigenvalue weighted by Crippen LogP contribution is -2.14. The first-order valence-corrected chi connectivity index (χ1v) is 10.0. The Morgan fingerprint density at radius 2 is 2.14 bits per heavy atom. The van der Waals surface area contributed by atoms with Gasteiger partial charge >= 0.3 is 0 Å². The van der Waals surface area contributed by atoms with Crippen LogP contribution in [0.2, 0.25) is 0 Å². The molecule has 0 saturated heterocycles. The van der Waals surface area contributed by atoms with E-state index in [-0.39, 0.29) is 11.7 Å². The van der Waals surface area contributed by atoms with E-state index in [1.54, 1.807) is 13.2 Å². The quantitative estimate of drug-likeness (QED) is 0.473. The summed E-state index contributed by atoms with van der Waals surface area (Å²) in [5, 5.41) is 12.6. The van der Waals surface area contributed by atoms with Gasteiger partial charge in [0.1, 0.15) is 22.7 Å². The number of ether oxygens (including phenoxy) is 1. The summed E-state index contributed by atoms with van der Waals surface area (Å²) in [6, 6.07) is 11.5. The molecule has 1 amide bonds. The van der Waals surface area contributed by atoms with Crippen molar-refractivity contribution in [2.45, 2.75) is 23.9 Å². The third kappa shape index (κ3) is 3.20. The Bertz CT molecular complexity index is 1180. The van der Waals surface area contributed by atoms with Gasteiger partial charge in [-0.15, -0.1) is 5.10 Å². The fourth-order valence-electron chi connectivity index (χ4n) is 3.20. The van der Waals surface area contributed by atoms with Crippen molar-refractivity contribution in [3.8, 4) is 5.75 Å². The van der Waals surface area contributed by atoms with Gasteiger partial charge in [-0.1, -0.05) is 30.0 Å². The number of methoxy groups -OCH3 is 1. The van der Waals surface area contributed by atoms with E-state index in [0.717, 1.165) is 35.0 Å². The number of hydrogen-bond acceptors (Lipinski definition) is 6. The van der Waals surface area contributed by atoms with Crippen LogP contribution < -0.4 is 10.1 Å². The van der Waals surface area contributed by atoms with Crippen LogP contribution in [0.25, 0.3) is 21.9 Å². The van der Waals surface area contributed by atoms with Gasteiger partial charge in [-0.25, -0.2) is 4.98 Å². The van der Waals surface area contributed by atoms with Crippen molar-refractivity contribution in [3.63, 3.8) is 0 Å². The normalized spacial score (nSPS) is 13.9. The fraction of sp³-hybridized carbons (Fsp3) is 0.250. The van der Waals surface area contributed by atoms with Crippen molar-refractivity contribution in [2.75, 3.05) is 18.2 Å². The van der Waals surface area contributed by atoms with Gasteiger partial charge in [0.25, 0.3) is 0 Å². The van der Waals surface area contributed by atoms with Gasteiger partial charge in [0.15, 0.2) is 0 Å². The zero-order chi connectivity index (χ0) is 19.1. The van der Waals surface area contributed by atoms with Crippen LogP contribution in [0.3, 0.4) is 0 Å². The van der Waals surface area contributed by atoms with E-state index in [1.165, 1.54) is 11.8 Å². The van der Waals surface area contributed by atoms with Crippen molar-refractivity contribution in [2.24, 2.45) is 0 Å². The Hall–Kier alpha value is -3.00. The Morgan fingerprint density at radius 3 is 2.96 bits per heavy atom. The van der Waals surface area contributed by atoms with E-state index in [2.05, 4.69) is 20.5 Å². The molecular weight excluding hydrogens is 376 g/mol. The summed E-state index contributed by atoms with van der Waals surface area (Å²) in [7, 11) is 1.58. The molecule has 0 bridgehead atoms. The zero-order valence-electron chi connectivity index (χ0n) is 15.2. The lowest BCUT2D eigenvalue weighted by Gasteiger charge is -2.10. The van der Waals surface area contributed by atoms with E-state index in [9.17, 15) is 4.79 Å². The highest BCUT2D eigenvalue weighted by Gasteiger charge is 2.27. The van der Waals surface area contributed by atoms with Gasteiger partial charge in [-0.2, -0.15) is 0 Å². The summed E-state index contributed by atoms with van der Waals surface area (Å²) in [6.07, 6.45) is 2.31. The number of anilines is 1. The summed E-state index contributed by atoms with van der Waals surface area (Å²) in [4.78, 5) is 16.9. The molecule has 7 nitrogen and oxygen atoms in total. The highest BCUT2D eigenvalue weighted by Crippen LogP contribution is 2.38. The Labute approximate surface area is 164 Å². The van der Waals surface area contributed by atoms with Crippen LogP contribution in [0.15, 0.2) is 46.0 Å². The highest BCUT2D eigenvalue weighted by atomic mass is 32.2. The number of fused-ring (bicyclic) bond motifs is 3. The van der Waals surface area contributed by atoms with Crippen LogP contribution in [-0.2, 0) is 4.79 Å². The monoisotopic (exact) mass is 394 g/mol.